The summed E-state index contributed by atoms with van der Waals surface area (Å²) in [6.45, 7) is 3.87. The van der Waals surface area contributed by atoms with E-state index in [0.717, 1.165) is 5.82 Å². The molecule has 1 saturated heterocycles. The maximum absolute atomic E-state index is 12.5. The molecule has 3 amide bonds. The molecule has 32 heavy (non-hydrogen) atoms. The van der Waals surface area contributed by atoms with E-state index in [4.69, 9.17) is 4.42 Å². The summed E-state index contributed by atoms with van der Waals surface area (Å²) < 4.78 is 5.19. The number of amides is 3. The maximum atomic E-state index is 12.5. The molecular weight excluding hydrogens is 410 g/mol. The van der Waals surface area contributed by atoms with Crippen molar-refractivity contribution in [3.63, 3.8) is 0 Å². The third-order valence-electron chi connectivity index (χ3n) is 5.07. The van der Waals surface area contributed by atoms with Crippen LogP contribution in [0, 0.1) is 0 Å². The van der Waals surface area contributed by atoms with Gasteiger partial charge in [-0.3, -0.25) is 14.4 Å². The van der Waals surface area contributed by atoms with Gasteiger partial charge in [-0.1, -0.05) is 6.07 Å². The molecule has 4 rings (SSSR count). The molecule has 0 atom stereocenters. The zero-order valence-electron chi connectivity index (χ0n) is 17.6. The number of carbonyl (C=O) groups is 3. The first-order chi connectivity index (χ1) is 15.5. The first-order valence-electron chi connectivity index (χ1n) is 10.2. The average Bonchev–Trinajstić information content (AvgIpc) is 3.34. The minimum Gasteiger partial charge on any atom is -0.459 e. The Morgan fingerprint density at radius 1 is 0.938 bits per heavy atom. The van der Waals surface area contributed by atoms with E-state index in [1.807, 2.05) is 6.07 Å². The standard InChI is InChI=1S/C23H23N5O4/c1-16(29)25-18-5-2-4-17(14-18)22(30)26-19-7-8-21(24-15-19)27-9-11-28(12-10-27)23(31)20-6-3-13-32-20/h2-8,13-15H,9-12H2,1H3,(H,25,29)(H,26,30). The molecule has 9 heteroatoms. The lowest BCUT2D eigenvalue weighted by Gasteiger charge is -2.35. The summed E-state index contributed by atoms with van der Waals surface area (Å²) in [7, 11) is 0. The molecule has 0 spiro atoms. The number of benzene rings is 1. The second-order valence-corrected chi connectivity index (χ2v) is 7.38. The van der Waals surface area contributed by atoms with Gasteiger partial charge in [0.05, 0.1) is 18.1 Å². The Kier molecular flexibility index (Phi) is 6.16. The fourth-order valence-corrected chi connectivity index (χ4v) is 3.49. The second-order valence-electron chi connectivity index (χ2n) is 7.38. The molecule has 1 aliphatic heterocycles. The second kappa shape index (κ2) is 9.34. The topological polar surface area (TPSA) is 108 Å². The summed E-state index contributed by atoms with van der Waals surface area (Å²) in [5, 5.41) is 5.47. The van der Waals surface area contributed by atoms with Crippen molar-refractivity contribution in [1.82, 2.24) is 9.88 Å². The van der Waals surface area contributed by atoms with Gasteiger partial charge < -0.3 is 24.9 Å². The van der Waals surface area contributed by atoms with Gasteiger partial charge >= 0.3 is 0 Å². The zero-order valence-corrected chi connectivity index (χ0v) is 17.6. The SMILES string of the molecule is CC(=O)Nc1cccc(C(=O)Nc2ccc(N3CCN(C(=O)c4ccco4)CC3)nc2)c1. The minimum absolute atomic E-state index is 0.108. The third-order valence-corrected chi connectivity index (χ3v) is 5.07. The Morgan fingerprint density at radius 2 is 1.75 bits per heavy atom. The van der Waals surface area contributed by atoms with Crippen LogP contribution in [0.2, 0.25) is 0 Å². The summed E-state index contributed by atoms with van der Waals surface area (Å²) in [4.78, 5) is 44.4. The van der Waals surface area contributed by atoms with Crippen LogP contribution < -0.4 is 15.5 Å². The first-order valence-corrected chi connectivity index (χ1v) is 10.2. The quantitative estimate of drug-likeness (QED) is 0.641. The van der Waals surface area contributed by atoms with Gasteiger partial charge in [-0.15, -0.1) is 0 Å². The van der Waals surface area contributed by atoms with Gasteiger partial charge in [0.15, 0.2) is 5.76 Å². The summed E-state index contributed by atoms with van der Waals surface area (Å²) in [6.07, 6.45) is 3.10. The molecule has 2 aromatic heterocycles. The smallest absolute Gasteiger partial charge is 0.289 e. The van der Waals surface area contributed by atoms with E-state index in [9.17, 15) is 14.4 Å². The van der Waals surface area contributed by atoms with Crippen LogP contribution in [0.25, 0.3) is 0 Å². The van der Waals surface area contributed by atoms with Gasteiger partial charge in [0.2, 0.25) is 5.91 Å². The molecule has 1 aliphatic rings. The highest BCUT2D eigenvalue weighted by molar-refractivity contribution is 6.05. The molecule has 0 radical (unpaired) electrons. The Morgan fingerprint density at radius 3 is 2.41 bits per heavy atom. The van der Waals surface area contributed by atoms with Crippen molar-refractivity contribution in [3.8, 4) is 0 Å². The van der Waals surface area contributed by atoms with Crippen LogP contribution in [0.4, 0.5) is 17.2 Å². The lowest BCUT2D eigenvalue weighted by atomic mass is 10.2. The van der Waals surface area contributed by atoms with Gasteiger partial charge in [0.25, 0.3) is 11.8 Å². The van der Waals surface area contributed by atoms with E-state index in [-0.39, 0.29) is 17.7 Å². The molecule has 0 unspecified atom stereocenters. The van der Waals surface area contributed by atoms with Gasteiger partial charge in [-0.25, -0.2) is 4.98 Å². The minimum atomic E-state index is -0.295. The third kappa shape index (κ3) is 4.94. The number of hydrogen-bond donors (Lipinski definition) is 2. The molecule has 3 heterocycles. The molecule has 2 N–H and O–H groups in total. The molecule has 3 aromatic rings. The van der Waals surface area contributed by atoms with Gasteiger partial charge in [-0.2, -0.15) is 0 Å². The van der Waals surface area contributed by atoms with Crippen molar-refractivity contribution in [2.24, 2.45) is 0 Å². The molecular formula is C23H23N5O4. The van der Waals surface area contributed by atoms with Gasteiger partial charge in [0, 0.05) is 44.4 Å². The van der Waals surface area contributed by atoms with Crippen LogP contribution in [-0.4, -0.2) is 53.8 Å². The van der Waals surface area contributed by atoms with Crippen molar-refractivity contribution < 1.29 is 18.8 Å². The number of nitrogens with one attached hydrogen (secondary N) is 2. The summed E-state index contributed by atoms with van der Waals surface area (Å²) in [6, 6.07) is 13.7. The van der Waals surface area contributed by atoms with Crippen molar-refractivity contribution in [2.75, 3.05) is 41.7 Å². The van der Waals surface area contributed by atoms with Crippen molar-refractivity contribution in [1.29, 1.82) is 0 Å². The lowest BCUT2D eigenvalue weighted by molar-refractivity contribution is -0.114. The van der Waals surface area contributed by atoms with E-state index < -0.39 is 0 Å². The Hall–Kier alpha value is -4.14. The largest absolute Gasteiger partial charge is 0.459 e. The molecule has 1 fully saturated rings. The van der Waals surface area contributed by atoms with E-state index in [1.54, 1.807) is 53.6 Å². The fraction of sp³-hybridized carbons (Fsp3) is 0.217. The number of rotatable bonds is 5. The van der Waals surface area contributed by atoms with Crippen molar-refractivity contribution in [2.45, 2.75) is 6.92 Å². The van der Waals surface area contributed by atoms with Crippen LogP contribution in [0.1, 0.15) is 27.8 Å². The lowest BCUT2D eigenvalue weighted by Crippen LogP contribution is -2.49. The van der Waals surface area contributed by atoms with Gasteiger partial charge in [0.1, 0.15) is 5.82 Å². The van der Waals surface area contributed by atoms with Crippen LogP contribution in [0.3, 0.4) is 0 Å². The highest BCUT2D eigenvalue weighted by Gasteiger charge is 2.24. The average molecular weight is 433 g/mol. The Bertz CT molecular complexity index is 1100. The summed E-state index contributed by atoms with van der Waals surface area (Å²) >= 11 is 0. The van der Waals surface area contributed by atoms with Crippen LogP contribution in [0.5, 0.6) is 0 Å². The van der Waals surface area contributed by atoms with Crippen molar-refractivity contribution >= 4 is 34.9 Å². The number of furan rings is 1. The van der Waals surface area contributed by atoms with E-state index in [1.165, 1.54) is 13.2 Å². The number of hydrogen-bond acceptors (Lipinski definition) is 6. The molecule has 1 aromatic carbocycles. The van der Waals surface area contributed by atoms with Gasteiger partial charge in [-0.05, 0) is 42.5 Å². The number of nitrogens with zero attached hydrogens (tertiary/aromatic N) is 3. The predicted molar refractivity (Wildman–Crippen MR) is 120 cm³/mol. The molecule has 0 aliphatic carbocycles. The first kappa shape index (κ1) is 21.1. The van der Waals surface area contributed by atoms with E-state index >= 15 is 0 Å². The van der Waals surface area contributed by atoms with E-state index in [2.05, 4.69) is 20.5 Å². The highest BCUT2D eigenvalue weighted by Crippen LogP contribution is 2.19. The summed E-state index contributed by atoms with van der Waals surface area (Å²) in [5.41, 5.74) is 1.55. The number of anilines is 3. The number of piperazine rings is 1. The van der Waals surface area contributed by atoms with Crippen LogP contribution >= 0.6 is 0 Å². The Balaban J connectivity index is 1.33. The van der Waals surface area contributed by atoms with Crippen LogP contribution in [-0.2, 0) is 4.79 Å². The highest BCUT2D eigenvalue weighted by atomic mass is 16.3. The molecule has 164 valence electrons. The normalized spacial score (nSPS) is 13.5. The van der Waals surface area contributed by atoms with Crippen molar-refractivity contribution in [3.05, 3.63) is 72.3 Å². The molecule has 0 bridgehead atoms. The van der Waals surface area contributed by atoms with Crippen LogP contribution in [0.15, 0.2) is 65.4 Å². The maximum Gasteiger partial charge on any atom is 0.289 e. The monoisotopic (exact) mass is 433 g/mol. The fourth-order valence-electron chi connectivity index (χ4n) is 3.49. The molecule has 0 saturated carbocycles. The Labute approximate surface area is 185 Å². The number of aromatic nitrogens is 1. The number of pyridine rings is 1. The zero-order chi connectivity index (χ0) is 22.5. The number of carbonyl (C=O) groups excluding carboxylic acids is 3. The van der Waals surface area contributed by atoms with E-state index in [0.29, 0.717) is 48.9 Å². The summed E-state index contributed by atoms with van der Waals surface area (Å²) in [5.74, 6) is 0.522. The predicted octanol–water partition coefficient (Wildman–Crippen LogP) is 2.85. The molecule has 9 nitrogen and oxygen atoms in total.